The van der Waals surface area contributed by atoms with Crippen molar-refractivity contribution in [2.45, 2.75) is 26.9 Å². The normalized spacial score (nSPS) is 13.3. The minimum absolute atomic E-state index is 0.128. The lowest BCUT2D eigenvalue weighted by molar-refractivity contribution is 0.101. The van der Waals surface area contributed by atoms with Crippen LogP contribution in [0.15, 0.2) is 35.1 Å². The van der Waals surface area contributed by atoms with E-state index in [-0.39, 0.29) is 17.2 Å². The molecule has 0 N–H and O–H groups in total. The van der Waals surface area contributed by atoms with Crippen molar-refractivity contribution in [3.05, 3.63) is 68.8 Å². The molecule has 0 unspecified atom stereocenters. The largest absolute Gasteiger partial charge is 0.333 e. The zero-order chi connectivity index (χ0) is 18.6. The average Bonchev–Trinajstić information content (AvgIpc) is 3.00. The third-order valence-corrected chi connectivity index (χ3v) is 4.85. The number of benzene rings is 2. The maximum absolute atomic E-state index is 13.5. The molecular weight excluding hydrogens is 333 g/mol. The van der Waals surface area contributed by atoms with Gasteiger partial charge in [0.2, 0.25) is 5.95 Å². The van der Waals surface area contributed by atoms with Gasteiger partial charge in [-0.1, -0.05) is 6.07 Å². The van der Waals surface area contributed by atoms with Crippen LogP contribution in [-0.4, -0.2) is 15.3 Å². The summed E-state index contributed by atoms with van der Waals surface area (Å²) in [5.74, 6) is 0.0722. The number of carbonyl (C=O) groups is 1. The molecule has 1 aromatic heterocycles. The van der Waals surface area contributed by atoms with Gasteiger partial charge in [0.15, 0.2) is 5.78 Å². The molecule has 1 aliphatic heterocycles. The number of halogens is 1. The van der Waals surface area contributed by atoms with Gasteiger partial charge in [0.25, 0.3) is 5.56 Å². The van der Waals surface area contributed by atoms with Crippen molar-refractivity contribution in [3.8, 4) is 0 Å². The maximum atomic E-state index is 13.5. The molecule has 0 amide bonds. The van der Waals surface area contributed by atoms with Crippen LogP contribution in [0.3, 0.4) is 0 Å². The van der Waals surface area contributed by atoms with Gasteiger partial charge in [0, 0.05) is 25.7 Å². The number of nitrogens with zero attached hydrogens (tertiary/aromatic N) is 3. The lowest BCUT2D eigenvalue weighted by atomic mass is 10.0. The first-order valence-corrected chi connectivity index (χ1v) is 8.39. The summed E-state index contributed by atoms with van der Waals surface area (Å²) in [6, 6.07) is 8.23. The number of ketones is 1. The van der Waals surface area contributed by atoms with E-state index >= 15 is 0 Å². The second-order valence-electron chi connectivity index (χ2n) is 6.81. The monoisotopic (exact) mass is 351 g/mol. The third kappa shape index (κ3) is 2.49. The molecule has 0 bridgehead atoms. The highest BCUT2D eigenvalue weighted by Crippen LogP contribution is 2.28. The van der Waals surface area contributed by atoms with Crippen LogP contribution in [0.2, 0.25) is 0 Å². The Balaban J connectivity index is 1.91. The van der Waals surface area contributed by atoms with Gasteiger partial charge in [-0.25, -0.2) is 9.37 Å². The number of aromatic nitrogens is 2. The summed E-state index contributed by atoms with van der Waals surface area (Å²) in [5.41, 5.74) is 3.41. The smallest absolute Gasteiger partial charge is 0.262 e. The van der Waals surface area contributed by atoms with Gasteiger partial charge in [-0.3, -0.25) is 14.2 Å². The Hall–Kier alpha value is -3.02. The van der Waals surface area contributed by atoms with Gasteiger partial charge in [-0.15, -0.1) is 0 Å². The van der Waals surface area contributed by atoms with E-state index in [2.05, 4.69) is 4.98 Å². The van der Waals surface area contributed by atoms with E-state index in [0.717, 1.165) is 16.7 Å². The van der Waals surface area contributed by atoms with Crippen molar-refractivity contribution in [2.24, 2.45) is 7.05 Å². The van der Waals surface area contributed by atoms with Crippen LogP contribution in [0, 0.1) is 12.7 Å². The zero-order valence-electron chi connectivity index (χ0n) is 14.8. The second-order valence-corrected chi connectivity index (χ2v) is 6.81. The van der Waals surface area contributed by atoms with E-state index in [4.69, 9.17) is 0 Å². The highest BCUT2D eigenvalue weighted by atomic mass is 19.1. The van der Waals surface area contributed by atoms with E-state index in [1.807, 2.05) is 11.8 Å². The molecule has 0 saturated carbocycles. The molecule has 0 saturated heterocycles. The van der Waals surface area contributed by atoms with Gasteiger partial charge in [-0.05, 0) is 54.8 Å². The molecule has 0 radical (unpaired) electrons. The molecule has 6 heteroatoms. The van der Waals surface area contributed by atoms with Crippen LogP contribution in [0.1, 0.15) is 34.0 Å². The predicted octanol–water partition coefficient (Wildman–Crippen LogP) is 3.10. The molecule has 2 heterocycles. The Labute approximate surface area is 149 Å². The first-order chi connectivity index (χ1) is 12.3. The number of fused-ring (bicyclic) bond motifs is 2. The number of rotatable bonds is 2. The fraction of sp³-hybridized carbons (Fsp3) is 0.250. The van der Waals surface area contributed by atoms with Gasteiger partial charge >= 0.3 is 0 Å². The molecule has 3 aromatic rings. The van der Waals surface area contributed by atoms with Gasteiger partial charge in [0.05, 0.1) is 10.9 Å². The fourth-order valence-electron chi connectivity index (χ4n) is 3.56. The summed E-state index contributed by atoms with van der Waals surface area (Å²) < 4.78 is 15.0. The number of carbonyl (C=O) groups excluding carboxylic acids is 1. The van der Waals surface area contributed by atoms with Gasteiger partial charge < -0.3 is 4.90 Å². The minimum Gasteiger partial charge on any atom is -0.333 e. The van der Waals surface area contributed by atoms with Crippen molar-refractivity contribution in [1.82, 2.24) is 9.55 Å². The van der Waals surface area contributed by atoms with Gasteiger partial charge in [-0.2, -0.15) is 0 Å². The summed E-state index contributed by atoms with van der Waals surface area (Å²) in [7, 11) is 1.67. The Kier molecular flexibility index (Phi) is 3.64. The molecule has 5 nitrogen and oxygen atoms in total. The first kappa shape index (κ1) is 16.4. The molecule has 4 rings (SSSR count). The van der Waals surface area contributed by atoms with Crippen LogP contribution in [0.4, 0.5) is 10.3 Å². The summed E-state index contributed by atoms with van der Waals surface area (Å²) in [4.78, 5) is 31.5. The van der Waals surface area contributed by atoms with Crippen molar-refractivity contribution in [2.75, 3.05) is 4.90 Å². The number of aryl methyl sites for hydroxylation is 1. The van der Waals surface area contributed by atoms with Crippen LogP contribution < -0.4 is 10.5 Å². The molecule has 1 aliphatic rings. The lowest BCUT2D eigenvalue weighted by Crippen LogP contribution is -2.28. The summed E-state index contributed by atoms with van der Waals surface area (Å²) in [5, 5.41) is 0.434. The van der Waals surface area contributed by atoms with Crippen molar-refractivity contribution in [1.29, 1.82) is 0 Å². The fourth-order valence-corrected chi connectivity index (χ4v) is 3.56. The maximum Gasteiger partial charge on any atom is 0.262 e. The van der Waals surface area contributed by atoms with Gasteiger partial charge in [0.1, 0.15) is 5.82 Å². The van der Waals surface area contributed by atoms with E-state index in [1.165, 1.54) is 23.6 Å². The Bertz CT molecular complexity index is 1130. The van der Waals surface area contributed by atoms with E-state index in [1.54, 1.807) is 25.2 Å². The highest BCUT2D eigenvalue weighted by Gasteiger charge is 2.24. The molecule has 0 spiro atoms. The molecule has 2 aromatic carbocycles. The van der Waals surface area contributed by atoms with Crippen molar-refractivity contribution in [3.63, 3.8) is 0 Å². The molecule has 0 aliphatic carbocycles. The average molecular weight is 351 g/mol. The van der Waals surface area contributed by atoms with Crippen molar-refractivity contribution < 1.29 is 9.18 Å². The van der Waals surface area contributed by atoms with E-state index in [0.29, 0.717) is 35.5 Å². The third-order valence-electron chi connectivity index (χ3n) is 4.85. The van der Waals surface area contributed by atoms with Crippen LogP contribution in [0.5, 0.6) is 0 Å². The van der Waals surface area contributed by atoms with Crippen LogP contribution in [0.25, 0.3) is 10.9 Å². The summed E-state index contributed by atoms with van der Waals surface area (Å²) in [6.45, 7) is 4.34. The lowest BCUT2D eigenvalue weighted by Gasteiger charge is -2.20. The van der Waals surface area contributed by atoms with E-state index < -0.39 is 0 Å². The predicted molar refractivity (Wildman–Crippen MR) is 98.0 cm³/mol. The second kappa shape index (κ2) is 5.76. The molecule has 0 fully saturated rings. The SMILES string of the molecule is CC(=O)c1cc(C)cc2c(=O)n(C)c(N3Cc4ccc(F)cc4C3)nc12. The minimum atomic E-state index is -0.277. The Morgan fingerprint density at radius 1 is 1.15 bits per heavy atom. The topological polar surface area (TPSA) is 55.2 Å². The number of hydrogen-bond donors (Lipinski definition) is 0. The number of anilines is 1. The Morgan fingerprint density at radius 2 is 1.88 bits per heavy atom. The molecule has 26 heavy (non-hydrogen) atoms. The van der Waals surface area contributed by atoms with Crippen LogP contribution >= 0.6 is 0 Å². The standard InChI is InChI=1S/C20H18FN3O2/c1-11-6-16(12(2)25)18-17(7-11)19(26)23(3)20(22-18)24-9-13-4-5-15(21)8-14(13)10-24/h4-8H,9-10H2,1-3H3. The molecular formula is C20H18FN3O2. The quantitative estimate of drug-likeness (QED) is 0.666. The van der Waals surface area contributed by atoms with Crippen LogP contribution in [-0.2, 0) is 20.1 Å². The number of hydrogen-bond acceptors (Lipinski definition) is 4. The van der Waals surface area contributed by atoms with Crippen molar-refractivity contribution >= 4 is 22.6 Å². The molecule has 0 atom stereocenters. The summed E-state index contributed by atoms with van der Waals surface area (Å²) >= 11 is 0. The summed E-state index contributed by atoms with van der Waals surface area (Å²) in [6.07, 6.45) is 0. The zero-order valence-corrected chi connectivity index (χ0v) is 14.8. The molecule has 132 valence electrons. The van der Waals surface area contributed by atoms with E-state index in [9.17, 15) is 14.0 Å². The first-order valence-electron chi connectivity index (χ1n) is 8.39. The number of Topliss-reactive ketones (excluding diaryl/α,β-unsaturated/α-hetero) is 1. The Morgan fingerprint density at radius 3 is 2.62 bits per heavy atom. The highest BCUT2D eigenvalue weighted by molar-refractivity contribution is 6.05.